The first-order valence-corrected chi connectivity index (χ1v) is 12.9. The van der Waals surface area contributed by atoms with Gasteiger partial charge in [0, 0.05) is 47.0 Å². The Hall–Kier alpha value is -3.36. The fourth-order valence-electron chi connectivity index (χ4n) is 4.86. The smallest absolute Gasteiger partial charge is 0.379 e. The largest absolute Gasteiger partial charge is 0.463 e. The minimum atomic E-state index is -0.897. The molecule has 1 unspecified atom stereocenters. The van der Waals surface area contributed by atoms with Gasteiger partial charge in [-0.05, 0) is 59.5 Å². The third kappa shape index (κ3) is 4.70. The molecule has 1 saturated heterocycles. The number of thiophene rings is 1. The van der Waals surface area contributed by atoms with Crippen LogP contribution < -0.4 is 4.90 Å². The normalized spacial score (nSPS) is 15.9. The highest BCUT2D eigenvalue weighted by Crippen LogP contribution is 2.33. The van der Waals surface area contributed by atoms with Crippen molar-refractivity contribution in [1.29, 1.82) is 0 Å². The third-order valence-electron chi connectivity index (χ3n) is 6.51. The lowest BCUT2D eigenvalue weighted by Gasteiger charge is -2.34. The summed E-state index contributed by atoms with van der Waals surface area (Å²) in [4.78, 5) is 38.6. The van der Waals surface area contributed by atoms with Gasteiger partial charge in [0.25, 0.3) is 5.78 Å². The predicted octanol–water partition coefficient (Wildman–Crippen LogP) is 5.45. The van der Waals surface area contributed by atoms with Crippen LogP contribution in [0.5, 0.6) is 0 Å². The fraction of sp³-hybridized carbons (Fsp3) is 0.296. The van der Waals surface area contributed by atoms with Gasteiger partial charge in [-0.1, -0.05) is 17.7 Å². The molecule has 0 spiro atoms. The molecule has 0 amide bonds. The maximum absolute atomic E-state index is 12.8. The van der Waals surface area contributed by atoms with E-state index in [1.54, 1.807) is 17.5 Å². The monoisotopic (exact) mass is 524 g/mol. The van der Waals surface area contributed by atoms with Crippen LogP contribution in [0.4, 0.5) is 5.69 Å². The van der Waals surface area contributed by atoms with Gasteiger partial charge in [0.2, 0.25) is 0 Å². The summed E-state index contributed by atoms with van der Waals surface area (Å²) >= 11 is 7.89. The molecule has 186 valence electrons. The van der Waals surface area contributed by atoms with Crippen LogP contribution in [0.25, 0.3) is 21.0 Å². The summed E-state index contributed by atoms with van der Waals surface area (Å²) < 4.78 is 13.3. The first-order chi connectivity index (χ1) is 17.3. The number of benzene rings is 2. The van der Waals surface area contributed by atoms with Crippen LogP contribution in [0.15, 0.2) is 48.0 Å². The number of methoxy groups -OCH3 is 1. The van der Waals surface area contributed by atoms with E-state index in [4.69, 9.17) is 21.1 Å². The molecule has 7 nitrogen and oxygen atoms in total. The molecule has 1 aliphatic heterocycles. The van der Waals surface area contributed by atoms with Crippen molar-refractivity contribution in [3.63, 3.8) is 0 Å². The Balaban J connectivity index is 1.57. The number of fused-ring (bicyclic) bond motifs is 2. The van der Waals surface area contributed by atoms with Gasteiger partial charge < -0.3 is 18.9 Å². The highest BCUT2D eigenvalue weighted by Gasteiger charge is 2.25. The minimum absolute atomic E-state index is 0.155. The minimum Gasteiger partial charge on any atom is -0.463 e. The number of esters is 2. The molecule has 0 saturated carbocycles. The first-order valence-electron chi connectivity index (χ1n) is 11.7. The van der Waals surface area contributed by atoms with E-state index in [2.05, 4.69) is 10.3 Å². The lowest BCUT2D eigenvalue weighted by atomic mass is 10.1. The van der Waals surface area contributed by atoms with Crippen LogP contribution in [-0.4, -0.2) is 48.6 Å². The van der Waals surface area contributed by atoms with Gasteiger partial charge in [0.1, 0.15) is 6.10 Å². The number of carbonyl (C=O) groups is 3. The quantitative estimate of drug-likeness (QED) is 0.190. The Morgan fingerprint density at radius 3 is 2.75 bits per heavy atom. The summed E-state index contributed by atoms with van der Waals surface area (Å²) in [5, 5.41) is 4.50. The summed E-state index contributed by atoms with van der Waals surface area (Å²) in [6.45, 7) is 3.38. The van der Waals surface area contributed by atoms with E-state index < -0.39 is 11.8 Å². The molecule has 2 aromatic carbocycles. The van der Waals surface area contributed by atoms with Crippen molar-refractivity contribution in [3.05, 3.63) is 64.1 Å². The van der Waals surface area contributed by atoms with E-state index in [1.807, 2.05) is 41.0 Å². The molecule has 3 heterocycles. The van der Waals surface area contributed by atoms with Gasteiger partial charge in [-0.25, -0.2) is 4.79 Å². The highest BCUT2D eigenvalue weighted by molar-refractivity contribution is 7.17. The van der Waals surface area contributed by atoms with E-state index in [0.717, 1.165) is 46.2 Å². The molecule has 1 fully saturated rings. The maximum Gasteiger partial charge on any atom is 0.379 e. The molecular formula is C27H25ClN2O5S. The van der Waals surface area contributed by atoms with E-state index in [-0.39, 0.29) is 12.1 Å². The Morgan fingerprint density at radius 2 is 1.97 bits per heavy atom. The Bertz CT molecular complexity index is 1490. The molecule has 1 atom stereocenters. The number of ether oxygens (including phenoxy) is 2. The number of aromatic nitrogens is 1. The molecule has 5 rings (SSSR count). The number of piperidine rings is 1. The molecule has 4 aromatic rings. The molecule has 36 heavy (non-hydrogen) atoms. The average molecular weight is 525 g/mol. The molecule has 0 N–H and O–H groups in total. The molecule has 9 heteroatoms. The number of ketones is 1. The van der Waals surface area contributed by atoms with Crippen LogP contribution in [0.3, 0.4) is 0 Å². The van der Waals surface area contributed by atoms with Crippen LogP contribution in [0, 0.1) is 0 Å². The van der Waals surface area contributed by atoms with Gasteiger partial charge in [0.15, 0.2) is 0 Å². The zero-order valence-corrected chi connectivity index (χ0v) is 21.5. The van der Waals surface area contributed by atoms with Gasteiger partial charge in [-0.15, -0.1) is 11.3 Å². The van der Waals surface area contributed by atoms with E-state index >= 15 is 0 Å². The van der Waals surface area contributed by atoms with Crippen LogP contribution in [0.2, 0.25) is 5.02 Å². The van der Waals surface area contributed by atoms with Gasteiger partial charge in [-0.2, -0.15) is 0 Å². The van der Waals surface area contributed by atoms with Crippen molar-refractivity contribution < 1.29 is 23.9 Å². The Morgan fingerprint density at radius 1 is 1.14 bits per heavy atom. The standard InChI is InChI=1S/C27H25ClN2O5S/c1-16(31)35-20-4-3-9-29(13-20)19-6-7-21-23(26(32)27(33)34-2)14-30(24(21)11-19)12-17-15-36-25-8-5-18(28)10-22(17)25/h5-8,10-11,14-15,20H,3-4,9,12-13H2,1-2H3. The first kappa shape index (κ1) is 24.3. The summed E-state index contributed by atoms with van der Waals surface area (Å²) in [5.74, 6) is -1.86. The number of hydrogen-bond donors (Lipinski definition) is 0. The van der Waals surface area contributed by atoms with E-state index in [9.17, 15) is 14.4 Å². The summed E-state index contributed by atoms with van der Waals surface area (Å²) in [6.07, 6.45) is 3.31. The van der Waals surface area contributed by atoms with Crippen molar-refractivity contribution in [2.45, 2.75) is 32.4 Å². The highest BCUT2D eigenvalue weighted by atomic mass is 35.5. The number of nitrogens with zero attached hydrogens (tertiary/aromatic N) is 2. The van der Waals surface area contributed by atoms with E-state index in [1.165, 1.54) is 14.0 Å². The van der Waals surface area contributed by atoms with E-state index in [0.29, 0.717) is 29.1 Å². The fourth-order valence-corrected chi connectivity index (χ4v) is 5.96. The van der Waals surface area contributed by atoms with Crippen LogP contribution in [0.1, 0.15) is 35.7 Å². The molecular weight excluding hydrogens is 500 g/mol. The zero-order valence-electron chi connectivity index (χ0n) is 20.0. The Kier molecular flexibility index (Phi) is 6.73. The molecule has 0 bridgehead atoms. The number of anilines is 1. The lowest BCUT2D eigenvalue weighted by molar-refractivity contribution is -0.146. The van der Waals surface area contributed by atoms with Crippen molar-refractivity contribution >= 4 is 67.3 Å². The number of hydrogen-bond acceptors (Lipinski definition) is 7. The second-order valence-electron chi connectivity index (χ2n) is 8.91. The van der Waals surface area contributed by atoms with Crippen LogP contribution >= 0.6 is 22.9 Å². The molecule has 0 aliphatic carbocycles. The van der Waals surface area contributed by atoms with Gasteiger partial charge in [-0.3, -0.25) is 9.59 Å². The van der Waals surface area contributed by atoms with Crippen molar-refractivity contribution in [2.24, 2.45) is 0 Å². The van der Waals surface area contributed by atoms with Gasteiger partial charge in [0.05, 0.1) is 24.7 Å². The number of rotatable bonds is 6. The van der Waals surface area contributed by atoms with Crippen molar-refractivity contribution in [2.75, 3.05) is 25.1 Å². The molecule has 1 aliphatic rings. The summed E-state index contributed by atoms with van der Waals surface area (Å²) in [6, 6.07) is 11.7. The molecule has 2 aromatic heterocycles. The third-order valence-corrected chi connectivity index (χ3v) is 7.76. The van der Waals surface area contributed by atoms with Crippen molar-refractivity contribution in [3.8, 4) is 0 Å². The topological polar surface area (TPSA) is 77.8 Å². The Labute approximate surface area is 217 Å². The maximum atomic E-state index is 12.8. The SMILES string of the molecule is COC(=O)C(=O)c1cn(Cc2csc3ccc(Cl)cc23)c2cc(N3CCCC(OC(C)=O)C3)ccc12. The average Bonchev–Trinajstić information content (AvgIpc) is 3.43. The molecule has 0 radical (unpaired) electrons. The lowest BCUT2D eigenvalue weighted by Crippen LogP contribution is -2.40. The second kappa shape index (κ2) is 9.95. The number of Topliss-reactive ketones (excluding diaryl/α,β-unsaturated/α-hetero) is 1. The number of carbonyl (C=O) groups excluding carboxylic acids is 3. The van der Waals surface area contributed by atoms with Gasteiger partial charge >= 0.3 is 11.9 Å². The predicted molar refractivity (Wildman–Crippen MR) is 141 cm³/mol. The summed E-state index contributed by atoms with van der Waals surface area (Å²) in [5.41, 5.74) is 3.17. The van der Waals surface area contributed by atoms with Crippen LogP contribution in [-0.2, 0) is 25.6 Å². The van der Waals surface area contributed by atoms with Crippen molar-refractivity contribution in [1.82, 2.24) is 4.57 Å². The summed E-state index contributed by atoms with van der Waals surface area (Å²) in [7, 11) is 1.20. The number of halogens is 1. The zero-order chi connectivity index (χ0) is 25.4. The second-order valence-corrected chi connectivity index (χ2v) is 10.3.